The lowest BCUT2D eigenvalue weighted by atomic mass is 10.0. The molecule has 0 aliphatic rings. The van der Waals surface area contributed by atoms with Crippen LogP contribution in [0.3, 0.4) is 0 Å². The number of ketones is 1. The van der Waals surface area contributed by atoms with Gasteiger partial charge >= 0.3 is 0 Å². The van der Waals surface area contributed by atoms with Gasteiger partial charge in [0.05, 0.1) is 6.10 Å². The molecule has 0 aliphatic carbocycles. The summed E-state index contributed by atoms with van der Waals surface area (Å²) >= 11 is 0. The van der Waals surface area contributed by atoms with Crippen LogP contribution in [0.25, 0.3) is 0 Å². The number of hydrogen-bond acceptors (Lipinski definition) is 2. The van der Waals surface area contributed by atoms with Crippen LogP contribution in [-0.2, 0) is 11.2 Å². The normalized spacial score (nSPS) is 13.4. The summed E-state index contributed by atoms with van der Waals surface area (Å²) in [6, 6.07) is 10.3. The molecule has 0 bridgehead atoms. The maximum atomic E-state index is 10.8. The highest BCUT2D eigenvalue weighted by molar-refractivity contribution is 5.75. The summed E-state index contributed by atoms with van der Waals surface area (Å²) in [5.41, 5.74) is 2.56. The Balaban J connectivity index is 2.32. The van der Waals surface area contributed by atoms with E-state index in [1.807, 2.05) is 18.2 Å². The van der Waals surface area contributed by atoms with Gasteiger partial charge in [0.15, 0.2) is 0 Å². The molecular formula is C16H22O2. The number of carbonyl (C=O) groups is 1. The highest BCUT2D eigenvalue weighted by Gasteiger charge is 2.06. The molecule has 0 radical (unpaired) electrons. The zero-order valence-corrected chi connectivity index (χ0v) is 11.2. The SMILES string of the molecule is CC(=O)C[C@H](O)CC/C(C)=C/Cc1ccccc1. The molecule has 0 unspecified atom stereocenters. The molecule has 0 heterocycles. The standard InChI is InChI=1S/C16H22O2/c1-13(9-11-16(18)12-14(2)17)8-10-15-6-4-3-5-7-15/h3-8,16,18H,9-12H2,1-2H3/b13-8+/t16-/m1/s1. The van der Waals surface area contributed by atoms with E-state index in [4.69, 9.17) is 0 Å². The summed E-state index contributed by atoms with van der Waals surface area (Å²) in [6.07, 6.45) is 4.40. The molecule has 18 heavy (non-hydrogen) atoms. The van der Waals surface area contributed by atoms with Gasteiger partial charge < -0.3 is 5.11 Å². The Bertz CT molecular complexity index is 393. The van der Waals surface area contributed by atoms with Crippen LogP contribution in [0.2, 0.25) is 0 Å². The van der Waals surface area contributed by atoms with E-state index < -0.39 is 6.10 Å². The number of allylic oxidation sites excluding steroid dienone is 2. The van der Waals surface area contributed by atoms with Crippen molar-refractivity contribution in [2.24, 2.45) is 0 Å². The highest BCUT2D eigenvalue weighted by atomic mass is 16.3. The van der Waals surface area contributed by atoms with Crippen molar-refractivity contribution >= 4 is 5.78 Å². The second kappa shape index (κ2) is 7.83. The quantitative estimate of drug-likeness (QED) is 0.749. The zero-order valence-electron chi connectivity index (χ0n) is 11.2. The zero-order chi connectivity index (χ0) is 13.4. The van der Waals surface area contributed by atoms with Crippen molar-refractivity contribution in [3.63, 3.8) is 0 Å². The van der Waals surface area contributed by atoms with E-state index in [-0.39, 0.29) is 12.2 Å². The summed E-state index contributed by atoms with van der Waals surface area (Å²) < 4.78 is 0. The average molecular weight is 246 g/mol. The fraction of sp³-hybridized carbons (Fsp3) is 0.438. The fourth-order valence-corrected chi connectivity index (χ4v) is 1.84. The maximum Gasteiger partial charge on any atom is 0.132 e. The number of Topliss-reactive ketones (excluding diaryl/α,β-unsaturated/α-hetero) is 1. The van der Waals surface area contributed by atoms with Gasteiger partial charge in [-0.15, -0.1) is 0 Å². The third-order valence-electron chi connectivity index (χ3n) is 2.92. The van der Waals surface area contributed by atoms with E-state index >= 15 is 0 Å². The van der Waals surface area contributed by atoms with Crippen LogP contribution in [0.1, 0.15) is 38.7 Å². The Labute approximate surface area is 109 Å². The van der Waals surface area contributed by atoms with Crippen molar-refractivity contribution in [2.75, 3.05) is 0 Å². The smallest absolute Gasteiger partial charge is 0.132 e. The second-order valence-electron chi connectivity index (χ2n) is 4.84. The van der Waals surface area contributed by atoms with E-state index in [9.17, 15) is 9.90 Å². The van der Waals surface area contributed by atoms with Gasteiger partial charge in [-0.1, -0.05) is 42.0 Å². The molecule has 1 aromatic carbocycles. The molecule has 1 atom stereocenters. The lowest BCUT2D eigenvalue weighted by Gasteiger charge is -2.08. The first-order valence-corrected chi connectivity index (χ1v) is 6.45. The fourth-order valence-electron chi connectivity index (χ4n) is 1.84. The second-order valence-corrected chi connectivity index (χ2v) is 4.84. The van der Waals surface area contributed by atoms with Crippen molar-refractivity contribution in [1.29, 1.82) is 0 Å². The minimum absolute atomic E-state index is 0.0495. The van der Waals surface area contributed by atoms with Crippen molar-refractivity contribution in [3.05, 3.63) is 47.5 Å². The van der Waals surface area contributed by atoms with Crippen LogP contribution in [0, 0.1) is 0 Å². The lowest BCUT2D eigenvalue weighted by molar-refractivity contribution is -0.118. The van der Waals surface area contributed by atoms with Crippen molar-refractivity contribution < 1.29 is 9.90 Å². The minimum Gasteiger partial charge on any atom is -0.393 e. The minimum atomic E-state index is -0.498. The average Bonchev–Trinajstić information content (AvgIpc) is 2.34. The maximum absolute atomic E-state index is 10.8. The number of carbonyl (C=O) groups excluding carboxylic acids is 1. The number of aliphatic hydroxyl groups is 1. The van der Waals surface area contributed by atoms with Gasteiger partial charge in [-0.25, -0.2) is 0 Å². The molecule has 2 nitrogen and oxygen atoms in total. The number of hydrogen-bond donors (Lipinski definition) is 1. The summed E-state index contributed by atoms with van der Waals surface area (Å²) in [5.74, 6) is 0.0495. The first-order chi connectivity index (χ1) is 8.58. The summed E-state index contributed by atoms with van der Waals surface area (Å²) in [4.78, 5) is 10.8. The topological polar surface area (TPSA) is 37.3 Å². The summed E-state index contributed by atoms with van der Waals surface area (Å²) in [7, 11) is 0. The van der Waals surface area contributed by atoms with E-state index in [1.54, 1.807) is 0 Å². The number of aliphatic hydroxyl groups excluding tert-OH is 1. The number of benzene rings is 1. The van der Waals surface area contributed by atoms with E-state index in [1.165, 1.54) is 18.1 Å². The predicted molar refractivity (Wildman–Crippen MR) is 74.4 cm³/mol. The third-order valence-corrected chi connectivity index (χ3v) is 2.92. The molecule has 1 N–H and O–H groups in total. The summed E-state index contributed by atoms with van der Waals surface area (Å²) in [6.45, 7) is 3.59. The van der Waals surface area contributed by atoms with Gasteiger partial charge in [0.2, 0.25) is 0 Å². The summed E-state index contributed by atoms with van der Waals surface area (Å²) in [5, 5.41) is 9.61. The molecule has 2 heteroatoms. The largest absolute Gasteiger partial charge is 0.393 e. The van der Waals surface area contributed by atoms with Gasteiger partial charge in [-0.05, 0) is 38.7 Å². The highest BCUT2D eigenvalue weighted by Crippen LogP contribution is 2.11. The lowest BCUT2D eigenvalue weighted by Crippen LogP contribution is -2.11. The molecule has 0 aliphatic heterocycles. The Morgan fingerprint density at radius 1 is 1.28 bits per heavy atom. The van der Waals surface area contributed by atoms with Crippen LogP contribution < -0.4 is 0 Å². The van der Waals surface area contributed by atoms with Gasteiger partial charge in [0, 0.05) is 6.42 Å². The predicted octanol–water partition coefficient (Wildman–Crippen LogP) is 3.30. The van der Waals surface area contributed by atoms with Crippen LogP contribution in [0.15, 0.2) is 42.0 Å². The monoisotopic (exact) mass is 246 g/mol. The van der Waals surface area contributed by atoms with Crippen molar-refractivity contribution in [1.82, 2.24) is 0 Å². The van der Waals surface area contributed by atoms with Crippen molar-refractivity contribution in [3.8, 4) is 0 Å². The molecule has 0 aromatic heterocycles. The molecule has 0 amide bonds. The van der Waals surface area contributed by atoms with Gasteiger partial charge in [-0.3, -0.25) is 4.79 Å². The molecule has 1 aromatic rings. The Kier molecular flexibility index (Phi) is 6.37. The number of rotatable bonds is 7. The van der Waals surface area contributed by atoms with Gasteiger partial charge in [0.25, 0.3) is 0 Å². The van der Waals surface area contributed by atoms with Crippen LogP contribution in [0.4, 0.5) is 0 Å². The molecule has 0 saturated carbocycles. The third kappa shape index (κ3) is 6.36. The van der Waals surface area contributed by atoms with Crippen LogP contribution >= 0.6 is 0 Å². The van der Waals surface area contributed by atoms with Crippen LogP contribution in [0.5, 0.6) is 0 Å². The first kappa shape index (κ1) is 14.7. The molecule has 1 rings (SSSR count). The molecule has 0 saturated heterocycles. The van der Waals surface area contributed by atoms with Crippen molar-refractivity contribution in [2.45, 2.75) is 45.6 Å². The van der Waals surface area contributed by atoms with E-state index in [2.05, 4.69) is 25.1 Å². The van der Waals surface area contributed by atoms with E-state index in [0.717, 1.165) is 12.8 Å². The Morgan fingerprint density at radius 3 is 2.56 bits per heavy atom. The molecule has 0 spiro atoms. The van der Waals surface area contributed by atoms with Crippen LogP contribution in [-0.4, -0.2) is 17.0 Å². The first-order valence-electron chi connectivity index (χ1n) is 6.45. The Morgan fingerprint density at radius 2 is 1.94 bits per heavy atom. The molecule has 98 valence electrons. The molecular weight excluding hydrogens is 224 g/mol. The molecule has 0 fully saturated rings. The van der Waals surface area contributed by atoms with Gasteiger partial charge in [-0.2, -0.15) is 0 Å². The van der Waals surface area contributed by atoms with E-state index in [0.29, 0.717) is 6.42 Å². The van der Waals surface area contributed by atoms with Gasteiger partial charge in [0.1, 0.15) is 5.78 Å². The Hall–Kier alpha value is -1.41.